The fraction of sp³-hybridized carbons (Fsp3) is 0.214. The predicted octanol–water partition coefficient (Wildman–Crippen LogP) is 1.53. The third-order valence-corrected chi connectivity index (χ3v) is 3.02. The largest absolute Gasteiger partial charge is 0.348 e. The molecule has 2 aromatic rings. The Balaban J connectivity index is 2.00. The lowest BCUT2D eigenvalue weighted by Crippen LogP contribution is -2.23. The Morgan fingerprint density at radius 3 is 2.63 bits per heavy atom. The van der Waals surface area contributed by atoms with Gasteiger partial charge in [-0.3, -0.25) is 9.48 Å². The van der Waals surface area contributed by atoms with Crippen LogP contribution in [-0.2, 0) is 13.6 Å². The van der Waals surface area contributed by atoms with Crippen LogP contribution in [0.4, 0.5) is 0 Å². The highest BCUT2D eigenvalue weighted by molar-refractivity contribution is 5.94. The number of nitrogens with one attached hydrogen (secondary N) is 1. The third kappa shape index (κ3) is 2.80. The van der Waals surface area contributed by atoms with E-state index < -0.39 is 0 Å². The summed E-state index contributed by atoms with van der Waals surface area (Å²) in [5.41, 5.74) is 2.97. The van der Waals surface area contributed by atoms with E-state index in [-0.39, 0.29) is 5.91 Å². The Morgan fingerprint density at radius 2 is 2.11 bits per heavy atom. The molecule has 0 unspecified atom stereocenters. The number of hydrogen-bond acceptors (Lipinski definition) is 3. The minimum absolute atomic E-state index is 0.144. The molecular formula is C14H14N4O. The van der Waals surface area contributed by atoms with E-state index in [1.807, 2.05) is 19.1 Å². The molecule has 0 radical (unpaired) electrons. The van der Waals surface area contributed by atoms with E-state index in [1.54, 1.807) is 30.1 Å². The first-order valence-electron chi connectivity index (χ1n) is 5.87. The molecule has 0 fully saturated rings. The van der Waals surface area contributed by atoms with Gasteiger partial charge in [0.05, 0.1) is 23.4 Å². The van der Waals surface area contributed by atoms with Gasteiger partial charge in [0.25, 0.3) is 5.91 Å². The van der Waals surface area contributed by atoms with E-state index in [1.165, 1.54) is 0 Å². The Kier molecular flexibility index (Phi) is 3.62. The molecule has 1 aromatic carbocycles. The maximum atomic E-state index is 12.0. The number of rotatable bonds is 3. The van der Waals surface area contributed by atoms with Gasteiger partial charge in [-0.1, -0.05) is 12.1 Å². The second kappa shape index (κ2) is 5.36. The number of aryl methyl sites for hydroxylation is 1. The van der Waals surface area contributed by atoms with Gasteiger partial charge in [0.2, 0.25) is 0 Å². The van der Waals surface area contributed by atoms with Crippen LogP contribution in [0.2, 0.25) is 0 Å². The smallest absolute Gasteiger partial charge is 0.255 e. The number of nitrogens with zero attached hydrogens (tertiary/aromatic N) is 3. The number of hydrogen-bond donors (Lipinski definition) is 1. The first kappa shape index (κ1) is 12.8. The van der Waals surface area contributed by atoms with Crippen molar-refractivity contribution >= 4 is 5.91 Å². The molecular weight excluding hydrogens is 240 g/mol. The fourth-order valence-electron chi connectivity index (χ4n) is 1.70. The van der Waals surface area contributed by atoms with Crippen LogP contribution in [0.5, 0.6) is 0 Å². The van der Waals surface area contributed by atoms with E-state index >= 15 is 0 Å². The Hall–Kier alpha value is -2.61. The second-order valence-electron chi connectivity index (χ2n) is 4.26. The summed E-state index contributed by atoms with van der Waals surface area (Å²) in [6, 6.07) is 9.18. The summed E-state index contributed by atoms with van der Waals surface area (Å²) >= 11 is 0. The van der Waals surface area contributed by atoms with Crippen molar-refractivity contribution in [2.45, 2.75) is 13.5 Å². The Bertz CT molecular complexity index is 634. The van der Waals surface area contributed by atoms with Crippen molar-refractivity contribution in [3.05, 3.63) is 52.8 Å². The standard InChI is InChI=1S/C14H14N4O/c1-10-13(9-17-18(10)2)14(19)16-8-12-5-3-11(7-15)4-6-12/h3-6,9H,8H2,1-2H3,(H,16,19). The highest BCUT2D eigenvalue weighted by atomic mass is 16.1. The molecule has 0 aliphatic heterocycles. The summed E-state index contributed by atoms with van der Waals surface area (Å²) in [5.74, 6) is -0.144. The predicted molar refractivity (Wildman–Crippen MR) is 70.3 cm³/mol. The SMILES string of the molecule is Cc1c(C(=O)NCc2ccc(C#N)cc2)cnn1C. The van der Waals surface area contributed by atoms with Crippen molar-refractivity contribution < 1.29 is 4.79 Å². The number of amides is 1. The molecule has 19 heavy (non-hydrogen) atoms. The van der Waals surface area contributed by atoms with Crippen molar-refractivity contribution in [3.63, 3.8) is 0 Å². The molecule has 0 aliphatic carbocycles. The number of carbonyl (C=O) groups excluding carboxylic acids is 1. The van der Waals surface area contributed by atoms with Gasteiger partial charge in [0, 0.05) is 19.3 Å². The minimum atomic E-state index is -0.144. The quantitative estimate of drug-likeness (QED) is 0.903. The molecule has 1 amide bonds. The number of nitriles is 1. The molecule has 5 heteroatoms. The molecule has 0 aliphatic rings. The van der Waals surface area contributed by atoms with Crippen LogP contribution in [0.15, 0.2) is 30.5 Å². The lowest BCUT2D eigenvalue weighted by atomic mass is 10.1. The van der Waals surface area contributed by atoms with E-state index in [2.05, 4.69) is 16.5 Å². The van der Waals surface area contributed by atoms with E-state index in [4.69, 9.17) is 5.26 Å². The average Bonchev–Trinajstić information content (AvgIpc) is 2.77. The zero-order chi connectivity index (χ0) is 13.8. The zero-order valence-corrected chi connectivity index (χ0v) is 10.8. The van der Waals surface area contributed by atoms with Gasteiger partial charge in [-0.2, -0.15) is 10.4 Å². The molecule has 1 aromatic heterocycles. The molecule has 5 nitrogen and oxygen atoms in total. The van der Waals surface area contributed by atoms with Crippen molar-refractivity contribution in [1.29, 1.82) is 5.26 Å². The Labute approximate surface area is 111 Å². The second-order valence-corrected chi connectivity index (χ2v) is 4.26. The molecule has 0 saturated heterocycles. The molecule has 1 N–H and O–H groups in total. The first-order chi connectivity index (χ1) is 9.11. The maximum absolute atomic E-state index is 12.0. The van der Waals surface area contributed by atoms with Gasteiger partial charge in [0.15, 0.2) is 0 Å². The molecule has 2 rings (SSSR count). The first-order valence-corrected chi connectivity index (χ1v) is 5.87. The molecule has 0 saturated carbocycles. The van der Waals surface area contributed by atoms with Gasteiger partial charge in [-0.25, -0.2) is 0 Å². The van der Waals surface area contributed by atoms with Gasteiger partial charge < -0.3 is 5.32 Å². The number of carbonyl (C=O) groups is 1. The van der Waals surface area contributed by atoms with Crippen LogP contribution in [0.1, 0.15) is 27.2 Å². The summed E-state index contributed by atoms with van der Waals surface area (Å²) < 4.78 is 1.66. The van der Waals surface area contributed by atoms with Crippen molar-refractivity contribution in [2.75, 3.05) is 0 Å². The summed E-state index contributed by atoms with van der Waals surface area (Å²) in [6.07, 6.45) is 1.56. The topological polar surface area (TPSA) is 70.7 Å². The summed E-state index contributed by atoms with van der Waals surface area (Å²) in [5, 5.41) is 15.6. The monoisotopic (exact) mass is 254 g/mol. The molecule has 0 atom stereocenters. The van der Waals surface area contributed by atoms with Gasteiger partial charge in [-0.15, -0.1) is 0 Å². The van der Waals surface area contributed by atoms with Gasteiger partial charge >= 0.3 is 0 Å². The molecule has 1 heterocycles. The highest BCUT2D eigenvalue weighted by Crippen LogP contribution is 2.07. The van der Waals surface area contributed by atoms with Crippen molar-refractivity contribution in [3.8, 4) is 6.07 Å². The molecule has 0 spiro atoms. The molecule has 0 bridgehead atoms. The van der Waals surface area contributed by atoms with Crippen molar-refractivity contribution in [2.24, 2.45) is 7.05 Å². The number of aromatic nitrogens is 2. The summed E-state index contributed by atoms with van der Waals surface area (Å²) in [7, 11) is 1.80. The lowest BCUT2D eigenvalue weighted by Gasteiger charge is -2.05. The summed E-state index contributed by atoms with van der Waals surface area (Å²) in [6.45, 7) is 2.28. The zero-order valence-electron chi connectivity index (χ0n) is 10.8. The van der Waals surface area contributed by atoms with Crippen LogP contribution in [-0.4, -0.2) is 15.7 Å². The lowest BCUT2D eigenvalue weighted by molar-refractivity contribution is 0.0950. The minimum Gasteiger partial charge on any atom is -0.348 e. The van der Waals surface area contributed by atoms with Crippen LogP contribution < -0.4 is 5.32 Å². The van der Waals surface area contributed by atoms with Crippen LogP contribution in [0, 0.1) is 18.3 Å². The van der Waals surface area contributed by atoms with E-state index in [9.17, 15) is 4.79 Å². The van der Waals surface area contributed by atoms with E-state index in [0.29, 0.717) is 17.7 Å². The van der Waals surface area contributed by atoms with Crippen molar-refractivity contribution in [1.82, 2.24) is 15.1 Å². The maximum Gasteiger partial charge on any atom is 0.255 e. The fourth-order valence-corrected chi connectivity index (χ4v) is 1.70. The Morgan fingerprint density at radius 1 is 1.42 bits per heavy atom. The van der Waals surface area contributed by atoms with Crippen LogP contribution in [0.3, 0.4) is 0 Å². The highest BCUT2D eigenvalue weighted by Gasteiger charge is 2.11. The normalized spacial score (nSPS) is 9.95. The van der Waals surface area contributed by atoms with E-state index in [0.717, 1.165) is 11.3 Å². The third-order valence-electron chi connectivity index (χ3n) is 3.02. The van der Waals surface area contributed by atoms with Gasteiger partial charge in [0.1, 0.15) is 0 Å². The van der Waals surface area contributed by atoms with Gasteiger partial charge in [-0.05, 0) is 24.6 Å². The average molecular weight is 254 g/mol. The molecule has 96 valence electrons. The van der Waals surface area contributed by atoms with Crippen LogP contribution in [0.25, 0.3) is 0 Å². The number of benzene rings is 1. The van der Waals surface area contributed by atoms with Crippen LogP contribution >= 0.6 is 0 Å². The summed E-state index contributed by atoms with van der Waals surface area (Å²) in [4.78, 5) is 12.0.